The lowest BCUT2D eigenvalue weighted by atomic mass is 9.93. The molecule has 2 aliphatic rings. The Labute approximate surface area is 206 Å². The van der Waals surface area contributed by atoms with Gasteiger partial charge >= 0.3 is 0 Å². The summed E-state index contributed by atoms with van der Waals surface area (Å²) in [4.78, 5) is 29.9. The molecule has 2 aromatic carbocycles. The lowest BCUT2D eigenvalue weighted by Crippen LogP contribution is -2.47. The maximum atomic E-state index is 13.2. The summed E-state index contributed by atoms with van der Waals surface area (Å²) in [5.41, 5.74) is 2.79. The highest BCUT2D eigenvalue weighted by atomic mass is 35.5. The van der Waals surface area contributed by atoms with Gasteiger partial charge in [-0.25, -0.2) is 0 Å². The molecule has 0 bridgehead atoms. The molecule has 7 heteroatoms. The number of halogens is 1. The summed E-state index contributed by atoms with van der Waals surface area (Å²) in [6.45, 7) is 6.67. The van der Waals surface area contributed by atoms with Crippen LogP contribution in [0.2, 0.25) is 5.02 Å². The molecule has 2 aliphatic heterocycles. The van der Waals surface area contributed by atoms with Gasteiger partial charge in [0, 0.05) is 50.0 Å². The third-order valence-electron chi connectivity index (χ3n) is 6.91. The monoisotopic (exact) mass is 484 g/mol. The van der Waals surface area contributed by atoms with Gasteiger partial charge in [0.2, 0.25) is 5.91 Å². The Balaban J connectivity index is 1.28. The molecular formula is C27H33ClN2O4. The van der Waals surface area contributed by atoms with Crippen LogP contribution in [0, 0.1) is 19.8 Å². The van der Waals surface area contributed by atoms with E-state index in [2.05, 4.69) is 32.0 Å². The van der Waals surface area contributed by atoms with Gasteiger partial charge in [-0.3, -0.25) is 9.59 Å². The van der Waals surface area contributed by atoms with Crippen LogP contribution in [0.4, 0.5) is 0 Å². The van der Waals surface area contributed by atoms with Crippen LogP contribution in [0.3, 0.4) is 0 Å². The minimum Gasteiger partial charge on any atom is -0.496 e. The van der Waals surface area contributed by atoms with Crippen LogP contribution in [-0.2, 0) is 4.79 Å². The number of nitrogens with zero attached hydrogens (tertiary/aromatic N) is 2. The number of carbonyl (C=O) groups is 2. The first kappa shape index (κ1) is 24.4. The quantitative estimate of drug-likeness (QED) is 0.606. The van der Waals surface area contributed by atoms with Gasteiger partial charge in [-0.1, -0.05) is 23.7 Å². The fourth-order valence-electron chi connectivity index (χ4n) is 4.81. The van der Waals surface area contributed by atoms with Crippen LogP contribution in [0.15, 0.2) is 36.4 Å². The molecular weight excluding hydrogens is 452 g/mol. The van der Waals surface area contributed by atoms with E-state index in [0.29, 0.717) is 55.4 Å². The third kappa shape index (κ3) is 5.49. The number of amides is 2. The molecule has 2 amide bonds. The highest BCUT2D eigenvalue weighted by molar-refractivity contribution is 6.31. The predicted octanol–water partition coefficient (Wildman–Crippen LogP) is 4.89. The van der Waals surface area contributed by atoms with Crippen molar-refractivity contribution in [1.82, 2.24) is 9.80 Å². The fraction of sp³-hybridized carbons (Fsp3) is 0.481. The topological polar surface area (TPSA) is 59.1 Å². The summed E-state index contributed by atoms with van der Waals surface area (Å²) in [6, 6.07) is 11.3. The zero-order valence-corrected chi connectivity index (χ0v) is 20.9. The van der Waals surface area contributed by atoms with Crippen molar-refractivity contribution in [2.75, 3.05) is 33.3 Å². The maximum Gasteiger partial charge on any atom is 0.257 e. The Morgan fingerprint density at radius 1 is 0.882 bits per heavy atom. The van der Waals surface area contributed by atoms with E-state index in [1.165, 1.54) is 5.56 Å². The van der Waals surface area contributed by atoms with Gasteiger partial charge in [-0.05, 0) is 62.1 Å². The van der Waals surface area contributed by atoms with Crippen molar-refractivity contribution in [1.29, 1.82) is 0 Å². The van der Waals surface area contributed by atoms with Gasteiger partial charge in [0.05, 0.1) is 12.7 Å². The van der Waals surface area contributed by atoms with Crippen molar-refractivity contribution in [2.24, 2.45) is 5.92 Å². The highest BCUT2D eigenvalue weighted by Gasteiger charge is 2.33. The van der Waals surface area contributed by atoms with Gasteiger partial charge in [0.25, 0.3) is 5.91 Å². The molecule has 0 aliphatic carbocycles. The predicted molar refractivity (Wildman–Crippen MR) is 133 cm³/mol. The molecule has 0 atom stereocenters. The number of likely N-dealkylation sites (tertiary alicyclic amines) is 2. The molecule has 182 valence electrons. The summed E-state index contributed by atoms with van der Waals surface area (Å²) in [7, 11) is 1.54. The second-order valence-corrected chi connectivity index (χ2v) is 9.76. The molecule has 2 aromatic rings. The van der Waals surface area contributed by atoms with Crippen molar-refractivity contribution in [3.8, 4) is 11.5 Å². The molecule has 0 aromatic heterocycles. The van der Waals surface area contributed by atoms with E-state index in [0.717, 1.165) is 24.2 Å². The normalized spacial score (nSPS) is 17.5. The van der Waals surface area contributed by atoms with Crippen molar-refractivity contribution in [2.45, 2.75) is 45.6 Å². The summed E-state index contributed by atoms with van der Waals surface area (Å²) < 4.78 is 11.6. The number of carbonyl (C=O) groups excluding carboxylic acids is 2. The fourth-order valence-corrected chi connectivity index (χ4v) is 4.99. The van der Waals surface area contributed by atoms with Crippen molar-refractivity contribution in [3.63, 3.8) is 0 Å². The van der Waals surface area contributed by atoms with E-state index in [-0.39, 0.29) is 23.8 Å². The number of piperidine rings is 2. The Hall–Kier alpha value is -2.73. The summed E-state index contributed by atoms with van der Waals surface area (Å²) >= 11 is 6.09. The molecule has 6 nitrogen and oxygen atoms in total. The van der Waals surface area contributed by atoms with E-state index in [1.54, 1.807) is 30.2 Å². The Bertz CT molecular complexity index is 1040. The summed E-state index contributed by atoms with van der Waals surface area (Å²) in [5, 5.41) is 0.499. The zero-order valence-electron chi connectivity index (χ0n) is 20.2. The van der Waals surface area contributed by atoms with Crippen LogP contribution in [-0.4, -0.2) is 61.0 Å². The first-order valence-electron chi connectivity index (χ1n) is 12.0. The lowest BCUT2D eigenvalue weighted by Gasteiger charge is -2.37. The first-order valence-corrected chi connectivity index (χ1v) is 12.4. The lowest BCUT2D eigenvalue weighted by molar-refractivity contribution is -0.138. The molecule has 0 saturated carbocycles. The van der Waals surface area contributed by atoms with Crippen LogP contribution in [0.25, 0.3) is 0 Å². The van der Waals surface area contributed by atoms with Crippen LogP contribution in [0.1, 0.15) is 47.2 Å². The van der Waals surface area contributed by atoms with E-state index in [1.807, 2.05) is 4.90 Å². The van der Waals surface area contributed by atoms with Crippen molar-refractivity contribution in [3.05, 3.63) is 58.1 Å². The van der Waals surface area contributed by atoms with Gasteiger partial charge in [0.1, 0.15) is 17.6 Å². The Kier molecular flexibility index (Phi) is 7.67. The minimum atomic E-state index is -0.102. The summed E-state index contributed by atoms with van der Waals surface area (Å²) in [5.74, 6) is 1.52. The molecule has 34 heavy (non-hydrogen) atoms. The number of benzene rings is 2. The first-order chi connectivity index (χ1) is 16.4. The van der Waals surface area contributed by atoms with Crippen LogP contribution >= 0.6 is 11.6 Å². The average molecular weight is 485 g/mol. The highest BCUT2D eigenvalue weighted by Crippen LogP contribution is 2.29. The largest absolute Gasteiger partial charge is 0.496 e. The summed E-state index contributed by atoms with van der Waals surface area (Å²) in [6.07, 6.45) is 3.16. The molecule has 0 spiro atoms. The van der Waals surface area contributed by atoms with Gasteiger partial charge < -0.3 is 19.3 Å². The SMILES string of the molecule is COc1ccc(Cl)cc1C(=O)N1CCC(C(=O)N2CCC(Oc3cc(C)ccc3C)CC2)CC1. The standard InChI is InChI=1S/C27H33ClN2O4/c1-18-4-5-19(2)25(16-18)34-22-10-14-29(15-11-22)26(31)20-8-12-30(13-9-20)27(32)23-17-21(28)6-7-24(23)33-3/h4-7,16-17,20,22H,8-15H2,1-3H3. The molecule has 2 heterocycles. The molecule has 0 N–H and O–H groups in total. The number of aryl methyl sites for hydroxylation is 2. The van der Waals surface area contributed by atoms with Crippen LogP contribution < -0.4 is 9.47 Å². The second-order valence-electron chi connectivity index (χ2n) is 9.32. The Morgan fingerprint density at radius 2 is 1.56 bits per heavy atom. The number of ether oxygens (including phenoxy) is 2. The third-order valence-corrected chi connectivity index (χ3v) is 7.15. The smallest absolute Gasteiger partial charge is 0.257 e. The van der Waals surface area contributed by atoms with Crippen molar-refractivity contribution < 1.29 is 19.1 Å². The molecule has 4 rings (SSSR count). The molecule has 2 saturated heterocycles. The van der Waals surface area contributed by atoms with Gasteiger partial charge in [0.15, 0.2) is 0 Å². The van der Waals surface area contributed by atoms with E-state index in [9.17, 15) is 9.59 Å². The minimum absolute atomic E-state index is 0.0400. The van der Waals surface area contributed by atoms with Gasteiger partial charge in [-0.2, -0.15) is 0 Å². The Morgan fingerprint density at radius 3 is 2.24 bits per heavy atom. The number of hydrogen-bond acceptors (Lipinski definition) is 4. The number of hydrogen-bond donors (Lipinski definition) is 0. The number of methoxy groups -OCH3 is 1. The maximum absolute atomic E-state index is 13.2. The van der Waals surface area contributed by atoms with Crippen molar-refractivity contribution >= 4 is 23.4 Å². The number of rotatable bonds is 5. The molecule has 0 unspecified atom stereocenters. The second kappa shape index (κ2) is 10.7. The van der Waals surface area contributed by atoms with E-state index < -0.39 is 0 Å². The zero-order chi connectivity index (χ0) is 24.2. The van der Waals surface area contributed by atoms with Crippen LogP contribution in [0.5, 0.6) is 11.5 Å². The average Bonchev–Trinajstić information content (AvgIpc) is 2.86. The molecule has 2 fully saturated rings. The molecule has 0 radical (unpaired) electrons. The van der Waals surface area contributed by atoms with E-state index >= 15 is 0 Å². The van der Waals surface area contributed by atoms with Gasteiger partial charge in [-0.15, -0.1) is 0 Å². The van der Waals surface area contributed by atoms with E-state index in [4.69, 9.17) is 21.1 Å².